The fourth-order valence-corrected chi connectivity index (χ4v) is 1.81. The molecule has 0 heterocycles. The number of carbonyl (C=O) groups excluding carboxylic acids is 3. The second-order valence-electron chi connectivity index (χ2n) is 5.83. The maximum atomic E-state index is 11.8. The van der Waals surface area contributed by atoms with Crippen LogP contribution in [0.3, 0.4) is 0 Å². The van der Waals surface area contributed by atoms with Gasteiger partial charge in [0.25, 0.3) is 0 Å². The van der Waals surface area contributed by atoms with Crippen molar-refractivity contribution in [3.8, 4) is 5.75 Å². The molecule has 1 rings (SSSR count). The summed E-state index contributed by atoms with van der Waals surface area (Å²) < 4.78 is 5.42. The normalized spacial score (nSPS) is 11.6. The van der Waals surface area contributed by atoms with E-state index in [0.29, 0.717) is 11.4 Å². The molecule has 0 unspecified atom stereocenters. The molecule has 25 heavy (non-hydrogen) atoms. The molecule has 8 nitrogen and oxygen atoms in total. The van der Waals surface area contributed by atoms with Gasteiger partial charge in [-0.2, -0.15) is 0 Å². The van der Waals surface area contributed by atoms with Gasteiger partial charge in [-0.15, -0.1) is 0 Å². The van der Waals surface area contributed by atoms with Gasteiger partial charge in [0.2, 0.25) is 17.7 Å². The lowest BCUT2D eigenvalue weighted by atomic mass is 10.1. The van der Waals surface area contributed by atoms with Crippen molar-refractivity contribution in [3.63, 3.8) is 0 Å². The summed E-state index contributed by atoms with van der Waals surface area (Å²) in [5.74, 6) is -0.206. The van der Waals surface area contributed by atoms with Crippen LogP contribution in [0.1, 0.15) is 20.3 Å². The van der Waals surface area contributed by atoms with Crippen LogP contribution < -0.4 is 26.4 Å². The number of carbonyl (C=O) groups is 3. The number of hydrogen-bond acceptors (Lipinski definition) is 5. The summed E-state index contributed by atoms with van der Waals surface area (Å²) in [7, 11) is 1.57. The highest BCUT2D eigenvalue weighted by Crippen LogP contribution is 2.15. The molecule has 5 N–H and O–H groups in total. The average molecular weight is 350 g/mol. The van der Waals surface area contributed by atoms with E-state index in [9.17, 15) is 14.4 Å². The van der Waals surface area contributed by atoms with Gasteiger partial charge >= 0.3 is 0 Å². The van der Waals surface area contributed by atoms with Crippen LogP contribution in [-0.4, -0.2) is 44.0 Å². The van der Waals surface area contributed by atoms with Crippen LogP contribution >= 0.6 is 0 Å². The fraction of sp³-hybridized carbons (Fsp3) is 0.471. The maximum Gasteiger partial charge on any atom is 0.243 e. The van der Waals surface area contributed by atoms with E-state index in [2.05, 4.69) is 16.0 Å². The van der Waals surface area contributed by atoms with E-state index in [1.54, 1.807) is 31.3 Å². The topological polar surface area (TPSA) is 123 Å². The molecule has 0 aromatic heterocycles. The van der Waals surface area contributed by atoms with Crippen LogP contribution in [0.5, 0.6) is 5.75 Å². The minimum Gasteiger partial charge on any atom is -0.493 e. The van der Waals surface area contributed by atoms with Gasteiger partial charge in [-0.25, -0.2) is 0 Å². The zero-order chi connectivity index (χ0) is 18.8. The van der Waals surface area contributed by atoms with Crippen molar-refractivity contribution in [1.82, 2.24) is 10.6 Å². The summed E-state index contributed by atoms with van der Waals surface area (Å²) in [5.41, 5.74) is 6.28. The first kappa shape index (κ1) is 20.4. The number of amides is 3. The average Bonchev–Trinajstić information content (AvgIpc) is 2.60. The highest BCUT2D eigenvalue weighted by molar-refractivity contribution is 5.95. The molecule has 1 aromatic carbocycles. The number of nitrogens with two attached hydrogens (primary N) is 1. The molecule has 0 saturated heterocycles. The molecule has 0 saturated carbocycles. The third kappa shape index (κ3) is 7.67. The predicted molar refractivity (Wildman–Crippen MR) is 95.1 cm³/mol. The van der Waals surface area contributed by atoms with Gasteiger partial charge in [0.05, 0.1) is 25.6 Å². The van der Waals surface area contributed by atoms with Gasteiger partial charge < -0.3 is 26.4 Å². The molecule has 0 spiro atoms. The third-order valence-corrected chi connectivity index (χ3v) is 3.46. The number of ether oxygens (including phenoxy) is 1. The van der Waals surface area contributed by atoms with Crippen molar-refractivity contribution in [2.45, 2.75) is 26.3 Å². The molecule has 0 aliphatic heterocycles. The van der Waals surface area contributed by atoms with E-state index >= 15 is 0 Å². The van der Waals surface area contributed by atoms with E-state index in [4.69, 9.17) is 10.5 Å². The van der Waals surface area contributed by atoms with Gasteiger partial charge in [0.15, 0.2) is 0 Å². The molecule has 8 heteroatoms. The summed E-state index contributed by atoms with van der Waals surface area (Å²) in [6, 6.07) is 6.09. The Hall–Kier alpha value is -2.61. The van der Waals surface area contributed by atoms with E-state index in [0.717, 1.165) is 0 Å². The minimum atomic E-state index is -0.640. The number of hydrogen-bond donors (Lipinski definition) is 4. The third-order valence-electron chi connectivity index (χ3n) is 3.46. The summed E-state index contributed by atoms with van der Waals surface area (Å²) in [6.07, 6.45) is 0.271. The Morgan fingerprint density at radius 3 is 2.32 bits per heavy atom. The Morgan fingerprint density at radius 2 is 1.76 bits per heavy atom. The number of benzene rings is 1. The molecular formula is C17H26N4O4. The van der Waals surface area contributed by atoms with Gasteiger partial charge in [-0.1, -0.05) is 13.8 Å². The van der Waals surface area contributed by atoms with E-state index < -0.39 is 6.04 Å². The maximum absolute atomic E-state index is 11.8. The van der Waals surface area contributed by atoms with Crippen LogP contribution in [0, 0.1) is 5.92 Å². The van der Waals surface area contributed by atoms with E-state index in [1.807, 2.05) is 13.8 Å². The molecule has 0 aliphatic rings. The van der Waals surface area contributed by atoms with Crippen LogP contribution in [0.4, 0.5) is 5.69 Å². The Morgan fingerprint density at radius 1 is 1.12 bits per heavy atom. The molecule has 0 bridgehead atoms. The second-order valence-corrected chi connectivity index (χ2v) is 5.83. The lowest BCUT2D eigenvalue weighted by molar-refractivity contribution is -0.125. The molecule has 0 radical (unpaired) electrons. The number of anilines is 1. The Kier molecular flexibility index (Phi) is 8.42. The zero-order valence-corrected chi connectivity index (χ0v) is 14.8. The van der Waals surface area contributed by atoms with Crippen molar-refractivity contribution in [1.29, 1.82) is 0 Å². The lowest BCUT2D eigenvalue weighted by Crippen LogP contribution is -2.46. The van der Waals surface area contributed by atoms with Gasteiger partial charge in [0.1, 0.15) is 5.75 Å². The van der Waals surface area contributed by atoms with Gasteiger partial charge in [-0.05, 0) is 30.2 Å². The van der Waals surface area contributed by atoms with E-state index in [-0.39, 0.29) is 43.2 Å². The van der Waals surface area contributed by atoms with Crippen molar-refractivity contribution in [2.75, 3.05) is 25.5 Å². The first-order valence-electron chi connectivity index (χ1n) is 8.10. The van der Waals surface area contributed by atoms with Crippen molar-refractivity contribution >= 4 is 23.4 Å². The molecule has 0 aliphatic carbocycles. The lowest BCUT2D eigenvalue weighted by Gasteiger charge is -2.15. The van der Waals surface area contributed by atoms with Crippen molar-refractivity contribution in [2.24, 2.45) is 11.7 Å². The smallest absolute Gasteiger partial charge is 0.243 e. The largest absolute Gasteiger partial charge is 0.493 e. The summed E-state index contributed by atoms with van der Waals surface area (Å²) in [4.78, 5) is 34.6. The predicted octanol–water partition coefficient (Wildman–Crippen LogP) is 0.240. The summed E-state index contributed by atoms with van der Waals surface area (Å²) in [6.45, 7) is 3.79. The van der Waals surface area contributed by atoms with Crippen LogP contribution in [-0.2, 0) is 14.4 Å². The molecule has 1 atom stereocenters. The fourth-order valence-electron chi connectivity index (χ4n) is 1.81. The first-order valence-corrected chi connectivity index (χ1v) is 8.10. The van der Waals surface area contributed by atoms with E-state index in [1.165, 1.54) is 0 Å². The highest BCUT2D eigenvalue weighted by Gasteiger charge is 2.17. The van der Waals surface area contributed by atoms with Gasteiger partial charge in [0, 0.05) is 12.7 Å². The van der Waals surface area contributed by atoms with Crippen LogP contribution in [0.2, 0.25) is 0 Å². The number of nitrogens with one attached hydrogen (secondary N) is 3. The molecule has 3 amide bonds. The SMILES string of the molecule is CNC(=O)CCOc1ccc(NC(=O)CNC(=O)[C@@H](N)C(C)C)cc1. The molecule has 138 valence electrons. The Labute approximate surface area is 147 Å². The quantitative estimate of drug-likeness (QED) is 0.508. The standard InChI is InChI=1S/C17H26N4O4/c1-11(2)16(18)17(24)20-10-15(23)21-12-4-6-13(7-5-12)25-9-8-14(22)19-3/h4-7,11,16H,8-10,18H2,1-3H3,(H,19,22)(H,20,24)(H,21,23)/t16-/m0/s1. The van der Waals surface area contributed by atoms with Gasteiger partial charge in [-0.3, -0.25) is 14.4 Å². The monoisotopic (exact) mass is 350 g/mol. The summed E-state index contributed by atoms with van der Waals surface area (Å²) in [5, 5.41) is 7.67. The second kappa shape index (κ2) is 10.3. The van der Waals surface area contributed by atoms with Crippen molar-refractivity contribution < 1.29 is 19.1 Å². The molecule has 1 aromatic rings. The van der Waals surface area contributed by atoms with Crippen LogP contribution in [0.25, 0.3) is 0 Å². The molecule has 0 fully saturated rings. The highest BCUT2D eigenvalue weighted by atomic mass is 16.5. The zero-order valence-electron chi connectivity index (χ0n) is 14.8. The Balaban J connectivity index is 2.38. The summed E-state index contributed by atoms with van der Waals surface area (Å²) >= 11 is 0. The Bertz CT molecular complexity index is 587. The van der Waals surface area contributed by atoms with Crippen molar-refractivity contribution in [3.05, 3.63) is 24.3 Å². The molecular weight excluding hydrogens is 324 g/mol. The van der Waals surface area contributed by atoms with Crippen LogP contribution in [0.15, 0.2) is 24.3 Å². The first-order chi connectivity index (χ1) is 11.8. The number of rotatable bonds is 9. The minimum absolute atomic E-state index is 0.000920.